The summed E-state index contributed by atoms with van der Waals surface area (Å²) in [5.41, 5.74) is 3.03. The topological polar surface area (TPSA) is 59.2 Å². The molecule has 0 spiro atoms. The van der Waals surface area contributed by atoms with Gasteiger partial charge in [-0.1, -0.05) is 6.07 Å². The molecule has 172 valence electrons. The molecular weight excluding hydrogens is 426 g/mol. The lowest BCUT2D eigenvalue weighted by atomic mass is 10.00. The van der Waals surface area contributed by atoms with Crippen LogP contribution in [0, 0.1) is 0 Å². The summed E-state index contributed by atoms with van der Waals surface area (Å²) in [5.74, 6) is -2.19. The first-order valence-corrected chi connectivity index (χ1v) is 10.9. The molecule has 4 heterocycles. The highest BCUT2D eigenvalue weighted by atomic mass is 19.3. The molecule has 0 unspecified atom stereocenters. The van der Waals surface area contributed by atoms with Gasteiger partial charge in [0.1, 0.15) is 11.9 Å². The number of hydrogen-bond donors (Lipinski definition) is 0. The molecule has 0 radical (unpaired) electrons. The van der Waals surface area contributed by atoms with Crippen molar-refractivity contribution in [2.75, 3.05) is 39.1 Å². The van der Waals surface area contributed by atoms with Crippen LogP contribution in [0.1, 0.15) is 12.5 Å². The Morgan fingerprint density at radius 1 is 1.06 bits per heavy atom. The molecule has 1 fully saturated rings. The lowest BCUT2D eigenvalue weighted by Crippen LogP contribution is -2.49. The summed E-state index contributed by atoms with van der Waals surface area (Å²) in [4.78, 5) is 25.7. The van der Waals surface area contributed by atoms with E-state index in [-0.39, 0.29) is 13.0 Å². The molecule has 1 saturated heterocycles. The fraction of sp³-hybridized carbons (Fsp3) is 0.375. The quantitative estimate of drug-likeness (QED) is 0.476. The molecule has 0 bridgehead atoms. The Kier molecular flexibility index (Phi) is 4.97. The second-order valence-corrected chi connectivity index (χ2v) is 9.04. The Balaban J connectivity index is 1.74. The van der Waals surface area contributed by atoms with Gasteiger partial charge in [0.15, 0.2) is 0 Å². The number of halogens is 2. The Bertz CT molecular complexity index is 1410. The number of imidazole rings is 1. The number of alkyl halides is 2. The molecule has 0 aliphatic carbocycles. The van der Waals surface area contributed by atoms with Crippen LogP contribution in [0.5, 0.6) is 0 Å². The predicted molar refractivity (Wildman–Crippen MR) is 126 cm³/mol. The Morgan fingerprint density at radius 3 is 2.48 bits per heavy atom. The lowest BCUT2D eigenvalue weighted by Gasteiger charge is -2.37. The minimum absolute atomic E-state index is 0.196. The van der Waals surface area contributed by atoms with Gasteiger partial charge in [0.25, 0.3) is 5.92 Å². The Hall–Kier alpha value is -3.33. The molecule has 1 aliphatic heterocycles. The zero-order chi connectivity index (χ0) is 23.5. The average molecular weight is 453 g/mol. The number of aryl methyl sites for hydroxylation is 1. The number of aromatic nitrogens is 4. The van der Waals surface area contributed by atoms with Gasteiger partial charge in [-0.3, -0.25) is 14.1 Å². The second-order valence-electron chi connectivity index (χ2n) is 9.04. The molecule has 5 rings (SSSR count). The van der Waals surface area contributed by atoms with E-state index in [9.17, 15) is 4.79 Å². The second kappa shape index (κ2) is 7.62. The predicted octanol–water partition coefficient (Wildman–Crippen LogP) is 3.53. The van der Waals surface area contributed by atoms with Crippen LogP contribution in [-0.4, -0.2) is 64.2 Å². The van der Waals surface area contributed by atoms with E-state index in [1.165, 1.54) is 9.13 Å². The molecule has 9 heteroatoms. The van der Waals surface area contributed by atoms with Gasteiger partial charge in [-0.15, -0.1) is 0 Å². The van der Waals surface area contributed by atoms with Gasteiger partial charge in [-0.2, -0.15) is 0 Å². The lowest BCUT2D eigenvalue weighted by molar-refractivity contribution is -0.0977. The number of likely N-dealkylation sites (tertiary alicyclic amines) is 1. The Labute approximate surface area is 189 Å². The fourth-order valence-electron chi connectivity index (χ4n) is 4.73. The third kappa shape index (κ3) is 3.47. The molecule has 7 nitrogen and oxygen atoms in total. The van der Waals surface area contributed by atoms with Crippen LogP contribution in [0.3, 0.4) is 0 Å². The zero-order valence-corrected chi connectivity index (χ0v) is 19.1. The highest BCUT2D eigenvalue weighted by molar-refractivity contribution is 6.04. The third-order valence-electron chi connectivity index (χ3n) is 6.52. The summed E-state index contributed by atoms with van der Waals surface area (Å²) in [6.45, 7) is 0.125. The number of benzene rings is 1. The first kappa shape index (κ1) is 21.5. The molecule has 0 N–H and O–H groups in total. The standard InChI is InChI=1S/C24H26F2N6O/c1-29(2)21-8-6-16(12-28-21)15-5-7-18-17(11-15)22-19(13-27-18)31(4)23(33)32(22)20-9-10-30(3)14-24(20,25)26/h5-8,11-13,20H,9-10,14H2,1-4H3/t20-/m1/s1. The van der Waals surface area contributed by atoms with Crippen LogP contribution in [-0.2, 0) is 7.05 Å². The monoisotopic (exact) mass is 452 g/mol. The molecule has 1 aliphatic rings. The van der Waals surface area contributed by atoms with Gasteiger partial charge in [-0.25, -0.2) is 18.6 Å². The van der Waals surface area contributed by atoms with Gasteiger partial charge in [0.05, 0.1) is 29.3 Å². The molecule has 0 amide bonds. The number of piperidine rings is 1. The van der Waals surface area contributed by atoms with Gasteiger partial charge < -0.3 is 9.80 Å². The van der Waals surface area contributed by atoms with E-state index in [0.717, 1.165) is 16.9 Å². The van der Waals surface area contributed by atoms with Crippen molar-refractivity contribution in [1.29, 1.82) is 0 Å². The van der Waals surface area contributed by atoms with Gasteiger partial charge in [-0.05, 0) is 43.3 Å². The minimum atomic E-state index is -3.02. The van der Waals surface area contributed by atoms with Crippen molar-refractivity contribution in [3.8, 4) is 11.1 Å². The van der Waals surface area contributed by atoms with Gasteiger partial charge in [0.2, 0.25) is 0 Å². The van der Waals surface area contributed by atoms with E-state index in [1.807, 2.05) is 49.3 Å². The van der Waals surface area contributed by atoms with E-state index in [2.05, 4.69) is 9.97 Å². The van der Waals surface area contributed by atoms with Crippen molar-refractivity contribution in [3.05, 3.63) is 53.2 Å². The van der Waals surface area contributed by atoms with Crippen LogP contribution in [0.15, 0.2) is 47.5 Å². The summed E-state index contributed by atoms with van der Waals surface area (Å²) < 4.78 is 33.0. The van der Waals surface area contributed by atoms with Crippen molar-refractivity contribution >= 4 is 27.8 Å². The van der Waals surface area contributed by atoms with Gasteiger partial charge in [0, 0.05) is 44.8 Å². The average Bonchev–Trinajstić information content (AvgIpc) is 3.03. The highest BCUT2D eigenvalue weighted by Crippen LogP contribution is 2.39. The number of hydrogen-bond acceptors (Lipinski definition) is 5. The summed E-state index contributed by atoms with van der Waals surface area (Å²) in [6.07, 6.45) is 3.57. The molecule has 33 heavy (non-hydrogen) atoms. The van der Waals surface area contributed by atoms with Crippen molar-refractivity contribution in [2.45, 2.75) is 18.4 Å². The first-order chi connectivity index (χ1) is 15.7. The number of rotatable bonds is 3. The zero-order valence-electron chi connectivity index (χ0n) is 19.1. The number of anilines is 1. The van der Waals surface area contributed by atoms with E-state index in [4.69, 9.17) is 0 Å². The summed E-state index contributed by atoms with van der Waals surface area (Å²) in [6, 6.07) is 8.40. The van der Waals surface area contributed by atoms with Gasteiger partial charge >= 0.3 is 5.69 Å². The summed E-state index contributed by atoms with van der Waals surface area (Å²) >= 11 is 0. The SMILES string of the molecule is CN1CC[C@@H](n2c(=O)n(C)c3cnc4ccc(-c5ccc(N(C)C)nc5)cc4c32)C(F)(F)C1. The van der Waals surface area contributed by atoms with Crippen molar-refractivity contribution in [3.63, 3.8) is 0 Å². The number of nitrogens with zero attached hydrogens (tertiary/aromatic N) is 6. The van der Waals surface area contributed by atoms with E-state index in [1.54, 1.807) is 31.4 Å². The van der Waals surface area contributed by atoms with Crippen LogP contribution >= 0.6 is 0 Å². The molecule has 4 aromatic rings. The highest BCUT2D eigenvalue weighted by Gasteiger charge is 2.46. The fourth-order valence-corrected chi connectivity index (χ4v) is 4.73. The normalized spacial score (nSPS) is 18.8. The van der Waals surface area contributed by atoms with Crippen LogP contribution in [0.4, 0.5) is 14.6 Å². The maximum Gasteiger partial charge on any atom is 0.329 e. The van der Waals surface area contributed by atoms with Crippen LogP contribution in [0.2, 0.25) is 0 Å². The molecule has 0 saturated carbocycles. The maximum atomic E-state index is 15.1. The van der Waals surface area contributed by atoms with Crippen LogP contribution in [0.25, 0.3) is 33.1 Å². The van der Waals surface area contributed by atoms with E-state index in [0.29, 0.717) is 28.5 Å². The Morgan fingerprint density at radius 2 is 1.82 bits per heavy atom. The van der Waals surface area contributed by atoms with Crippen molar-refractivity contribution in [1.82, 2.24) is 24.0 Å². The summed E-state index contributed by atoms with van der Waals surface area (Å²) in [7, 11) is 7.13. The van der Waals surface area contributed by atoms with E-state index < -0.39 is 17.7 Å². The number of pyridine rings is 2. The maximum absolute atomic E-state index is 15.1. The number of fused-ring (bicyclic) bond motifs is 3. The van der Waals surface area contributed by atoms with Crippen molar-refractivity contribution in [2.24, 2.45) is 7.05 Å². The van der Waals surface area contributed by atoms with Crippen LogP contribution < -0.4 is 10.6 Å². The smallest absolute Gasteiger partial charge is 0.329 e. The summed E-state index contributed by atoms with van der Waals surface area (Å²) in [5, 5.41) is 0.675. The van der Waals surface area contributed by atoms with E-state index >= 15 is 8.78 Å². The molecule has 1 aromatic carbocycles. The molecule has 3 aromatic heterocycles. The third-order valence-corrected chi connectivity index (χ3v) is 6.52. The largest absolute Gasteiger partial charge is 0.363 e. The minimum Gasteiger partial charge on any atom is -0.363 e. The molecular formula is C24H26F2N6O. The van der Waals surface area contributed by atoms with Crippen molar-refractivity contribution < 1.29 is 8.78 Å². The molecule has 1 atom stereocenters. The first-order valence-electron chi connectivity index (χ1n) is 10.9.